The van der Waals surface area contributed by atoms with E-state index in [2.05, 4.69) is 4.98 Å². The summed E-state index contributed by atoms with van der Waals surface area (Å²) in [5, 5.41) is 12.9. The third-order valence-corrected chi connectivity index (χ3v) is 9.39. The van der Waals surface area contributed by atoms with Gasteiger partial charge in [0.1, 0.15) is 11.5 Å². The number of nitro groups is 1. The molecule has 2 bridgehead atoms. The molecule has 2 saturated carbocycles. The molecule has 0 saturated heterocycles. The van der Waals surface area contributed by atoms with Crippen molar-refractivity contribution < 1.29 is 9.34 Å². The lowest BCUT2D eigenvalue weighted by atomic mass is 9.77. The zero-order chi connectivity index (χ0) is 19.7. The second-order valence-electron chi connectivity index (χ2n) is 8.15. The van der Waals surface area contributed by atoms with E-state index in [0.29, 0.717) is 34.3 Å². The number of para-hydroxylation sites is 1. The number of nitrogens with one attached hydrogen (secondary N) is 1. The SMILES string of the molecule is O=c1[nH]c2c(s1)[C@H](c1ccc(-c3ccccc3[N+](=O)[O-])o1)[C@H]1[C@@H]3CC[C@H](C3)[C@H]1S2. The molecule has 3 aliphatic rings. The van der Waals surface area contributed by atoms with Crippen molar-refractivity contribution in [1.82, 2.24) is 4.98 Å². The third-order valence-electron chi connectivity index (χ3n) is 6.76. The molecule has 1 aromatic carbocycles. The molecule has 0 radical (unpaired) electrons. The molecular weight excluding hydrogens is 408 g/mol. The zero-order valence-corrected chi connectivity index (χ0v) is 17.0. The van der Waals surface area contributed by atoms with Crippen molar-refractivity contribution in [2.75, 3.05) is 0 Å². The summed E-state index contributed by atoms with van der Waals surface area (Å²) in [4.78, 5) is 27.2. The number of fused-ring (bicyclic) bond motifs is 6. The second-order valence-corrected chi connectivity index (χ2v) is 10.4. The maximum atomic E-state index is 12.1. The number of furan rings is 1. The lowest BCUT2D eigenvalue weighted by Gasteiger charge is -2.38. The van der Waals surface area contributed by atoms with Crippen LogP contribution in [0.25, 0.3) is 11.3 Å². The molecule has 6 nitrogen and oxygen atoms in total. The Morgan fingerprint density at radius 2 is 1.97 bits per heavy atom. The minimum Gasteiger partial charge on any atom is -0.460 e. The topological polar surface area (TPSA) is 89.1 Å². The first-order valence-electron chi connectivity index (χ1n) is 9.83. The Kier molecular flexibility index (Phi) is 3.83. The highest BCUT2D eigenvalue weighted by Crippen LogP contribution is 2.63. The van der Waals surface area contributed by atoms with Gasteiger partial charge in [-0.1, -0.05) is 23.5 Å². The summed E-state index contributed by atoms with van der Waals surface area (Å²) in [6, 6.07) is 10.4. The summed E-state index contributed by atoms with van der Waals surface area (Å²) in [6.45, 7) is 0. The molecule has 5 atom stereocenters. The van der Waals surface area contributed by atoms with Crippen LogP contribution in [-0.2, 0) is 0 Å². The van der Waals surface area contributed by atoms with Gasteiger partial charge in [0.2, 0.25) is 0 Å². The Balaban J connectivity index is 1.47. The summed E-state index contributed by atoms with van der Waals surface area (Å²) >= 11 is 3.13. The van der Waals surface area contributed by atoms with Crippen molar-refractivity contribution in [1.29, 1.82) is 0 Å². The van der Waals surface area contributed by atoms with E-state index in [4.69, 9.17) is 4.42 Å². The van der Waals surface area contributed by atoms with E-state index in [1.165, 1.54) is 36.7 Å². The highest BCUT2D eigenvalue weighted by molar-refractivity contribution is 8.00. The fraction of sp³-hybridized carbons (Fsp3) is 0.381. The van der Waals surface area contributed by atoms with E-state index < -0.39 is 0 Å². The Labute approximate surface area is 174 Å². The lowest BCUT2D eigenvalue weighted by molar-refractivity contribution is -0.384. The highest BCUT2D eigenvalue weighted by atomic mass is 32.2. The van der Waals surface area contributed by atoms with Crippen molar-refractivity contribution >= 4 is 28.8 Å². The monoisotopic (exact) mass is 426 g/mol. The van der Waals surface area contributed by atoms with Gasteiger partial charge in [0.05, 0.1) is 26.3 Å². The number of hydrogen-bond acceptors (Lipinski definition) is 6. The van der Waals surface area contributed by atoms with E-state index in [0.717, 1.165) is 15.7 Å². The van der Waals surface area contributed by atoms with Crippen LogP contribution in [-0.4, -0.2) is 15.2 Å². The van der Waals surface area contributed by atoms with Gasteiger partial charge in [0, 0.05) is 11.3 Å². The van der Waals surface area contributed by atoms with Crippen molar-refractivity contribution in [3.05, 3.63) is 66.8 Å². The molecular formula is C21H18N2O4S2. The predicted molar refractivity (Wildman–Crippen MR) is 112 cm³/mol. The van der Waals surface area contributed by atoms with Crippen LogP contribution in [0.4, 0.5) is 5.69 Å². The van der Waals surface area contributed by atoms with Gasteiger partial charge in [0.25, 0.3) is 5.69 Å². The van der Waals surface area contributed by atoms with Crippen molar-refractivity contribution in [3.8, 4) is 11.3 Å². The van der Waals surface area contributed by atoms with Gasteiger partial charge in [-0.3, -0.25) is 14.9 Å². The van der Waals surface area contributed by atoms with Crippen LogP contribution < -0.4 is 4.87 Å². The Morgan fingerprint density at radius 1 is 1.14 bits per heavy atom. The van der Waals surface area contributed by atoms with E-state index in [9.17, 15) is 14.9 Å². The molecule has 6 rings (SSSR count). The maximum Gasteiger partial charge on any atom is 0.305 e. The summed E-state index contributed by atoms with van der Waals surface area (Å²) in [7, 11) is 0. The Morgan fingerprint density at radius 3 is 2.83 bits per heavy atom. The number of aromatic nitrogens is 1. The quantitative estimate of drug-likeness (QED) is 0.456. The van der Waals surface area contributed by atoms with Gasteiger partial charge in [-0.2, -0.15) is 0 Å². The van der Waals surface area contributed by atoms with E-state index in [1.54, 1.807) is 18.2 Å². The van der Waals surface area contributed by atoms with Gasteiger partial charge < -0.3 is 9.40 Å². The van der Waals surface area contributed by atoms with Gasteiger partial charge in [-0.25, -0.2) is 0 Å². The van der Waals surface area contributed by atoms with Crippen molar-refractivity contribution in [3.63, 3.8) is 0 Å². The Bertz CT molecular complexity index is 1180. The number of nitro benzene ring substituents is 1. The minimum atomic E-state index is -0.378. The zero-order valence-electron chi connectivity index (χ0n) is 15.4. The molecule has 0 amide bonds. The number of rotatable bonds is 3. The van der Waals surface area contributed by atoms with Crippen LogP contribution in [0.5, 0.6) is 0 Å². The lowest BCUT2D eigenvalue weighted by Crippen LogP contribution is -2.33. The summed E-state index contributed by atoms with van der Waals surface area (Å²) in [6.07, 6.45) is 3.78. The molecule has 148 valence electrons. The van der Waals surface area contributed by atoms with Crippen LogP contribution in [0.2, 0.25) is 0 Å². The van der Waals surface area contributed by atoms with Crippen LogP contribution in [0.15, 0.2) is 50.6 Å². The van der Waals surface area contributed by atoms with E-state index >= 15 is 0 Å². The van der Waals surface area contributed by atoms with E-state index in [-0.39, 0.29) is 21.4 Å². The normalized spacial score (nSPS) is 29.6. The number of thioether (sulfide) groups is 1. The predicted octanol–water partition coefficient (Wildman–Crippen LogP) is 5.26. The largest absolute Gasteiger partial charge is 0.460 e. The number of hydrogen-bond donors (Lipinski definition) is 1. The molecule has 2 aromatic heterocycles. The summed E-state index contributed by atoms with van der Waals surface area (Å²) in [5.74, 6) is 3.20. The second kappa shape index (κ2) is 6.34. The minimum absolute atomic E-state index is 0.0229. The molecule has 0 unspecified atom stereocenters. The van der Waals surface area contributed by atoms with Crippen LogP contribution >= 0.6 is 23.1 Å². The molecule has 1 N–H and O–H groups in total. The highest BCUT2D eigenvalue weighted by Gasteiger charge is 2.55. The first-order valence-corrected chi connectivity index (χ1v) is 11.5. The number of thiazole rings is 1. The average molecular weight is 427 g/mol. The molecule has 1 aliphatic heterocycles. The molecule has 29 heavy (non-hydrogen) atoms. The van der Waals surface area contributed by atoms with Crippen molar-refractivity contribution in [2.45, 2.75) is 35.5 Å². The van der Waals surface area contributed by atoms with E-state index in [1.807, 2.05) is 23.9 Å². The van der Waals surface area contributed by atoms with Crippen LogP contribution in [0, 0.1) is 27.9 Å². The first-order chi connectivity index (χ1) is 14.1. The Hall–Kier alpha value is -2.32. The number of nitrogens with zero attached hydrogens (tertiary/aromatic N) is 1. The summed E-state index contributed by atoms with van der Waals surface area (Å²) in [5.41, 5.74) is 0.526. The third kappa shape index (κ3) is 2.58. The van der Waals surface area contributed by atoms with Gasteiger partial charge >= 0.3 is 4.87 Å². The van der Waals surface area contributed by atoms with Gasteiger partial charge in [-0.15, -0.1) is 11.8 Å². The standard InChI is InChI=1S/C21H18N2O4S2/c24-21-22-20-19(29-21)17(16-10-5-6-11(9-10)18(16)28-20)15-8-7-14(27-15)12-3-1-2-4-13(12)23(25)26/h1-4,7-8,10-11,16-18H,5-6,9H2,(H,22,24)/t10-,11-,16-,17-,18-/m1/s1. The first kappa shape index (κ1) is 17.5. The van der Waals surface area contributed by atoms with Crippen molar-refractivity contribution in [2.24, 2.45) is 17.8 Å². The average Bonchev–Trinajstić information content (AvgIpc) is 3.49. The maximum absolute atomic E-state index is 12.1. The number of aromatic amines is 1. The van der Waals surface area contributed by atoms with Crippen LogP contribution in [0.1, 0.15) is 35.8 Å². The summed E-state index contributed by atoms with van der Waals surface area (Å²) < 4.78 is 6.26. The molecule has 3 heterocycles. The number of H-pyrrole nitrogens is 1. The fourth-order valence-electron chi connectivity index (χ4n) is 5.67. The van der Waals surface area contributed by atoms with Crippen LogP contribution in [0.3, 0.4) is 0 Å². The van der Waals surface area contributed by atoms with Gasteiger partial charge in [-0.05, 0) is 55.2 Å². The molecule has 0 spiro atoms. The molecule has 2 fully saturated rings. The number of benzene rings is 1. The van der Waals surface area contributed by atoms with Gasteiger partial charge in [0.15, 0.2) is 0 Å². The fourth-order valence-corrected chi connectivity index (χ4v) is 8.55. The molecule has 2 aliphatic carbocycles. The molecule has 8 heteroatoms. The molecule has 3 aromatic rings. The smallest absolute Gasteiger partial charge is 0.305 e.